The average molecular weight is 755 g/mol. The first-order valence-electron chi connectivity index (χ1n) is 19.8. The van der Waals surface area contributed by atoms with Gasteiger partial charge in [-0.3, -0.25) is 0 Å². The molecule has 0 spiro atoms. The third-order valence-corrected chi connectivity index (χ3v) is 11.8. The Balaban J connectivity index is 1.17. The zero-order valence-electron chi connectivity index (χ0n) is 31.4. The molecule has 6 nitrogen and oxygen atoms in total. The van der Waals surface area contributed by atoms with Gasteiger partial charge < -0.3 is 13.4 Å². The van der Waals surface area contributed by atoms with E-state index < -0.39 is 0 Å². The molecule has 274 valence electrons. The van der Waals surface area contributed by atoms with E-state index in [4.69, 9.17) is 23.8 Å². The molecule has 0 fully saturated rings. The highest BCUT2D eigenvalue weighted by Crippen LogP contribution is 2.43. The SMILES string of the molecule is c1ccc2cc3c(cc2c1)c1ccccc1n3-c1cc2c(cc1-c1nc(-c3cccc4ccccc34)nc(-c3cccc4c3oc3ccccc34)n1)oc1ccccc12. The Kier molecular flexibility index (Phi) is 6.63. The summed E-state index contributed by atoms with van der Waals surface area (Å²) in [5, 5.41) is 11.0. The molecule has 9 aromatic carbocycles. The minimum atomic E-state index is 0.520. The van der Waals surface area contributed by atoms with E-state index in [0.717, 1.165) is 88.1 Å². The largest absolute Gasteiger partial charge is 0.456 e. The lowest BCUT2D eigenvalue weighted by Crippen LogP contribution is -2.04. The van der Waals surface area contributed by atoms with Crippen molar-refractivity contribution in [2.45, 2.75) is 0 Å². The van der Waals surface area contributed by atoms with Crippen molar-refractivity contribution < 1.29 is 8.83 Å². The maximum absolute atomic E-state index is 6.60. The first kappa shape index (κ1) is 32.0. The molecule has 0 radical (unpaired) electrons. The molecule has 0 aliphatic heterocycles. The molecule has 0 amide bonds. The van der Waals surface area contributed by atoms with Crippen molar-refractivity contribution in [3.05, 3.63) is 182 Å². The summed E-state index contributed by atoms with van der Waals surface area (Å²) < 4.78 is 15.6. The summed E-state index contributed by atoms with van der Waals surface area (Å²) in [6.45, 7) is 0. The van der Waals surface area contributed by atoms with Crippen LogP contribution in [0.15, 0.2) is 191 Å². The molecular formula is C53H30N4O2. The average Bonchev–Trinajstić information content (AvgIpc) is 3.96. The van der Waals surface area contributed by atoms with E-state index in [-0.39, 0.29) is 0 Å². The third-order valence-electron chi connectivity index (χ3n) is 11.8. The zero-order chi connectivity index (χ0) is 38.6. The van der Waals surface area contributed by atoms with Gasteiger partial charge in [0.2, 0.25) is 0 Å². The van der Waals surface area contributed by atoms with Gasteiger partial charge in [-0.25, -0.2) is 15.0 Å². The fourth-order valence-electron chi connectivity index (χ4n) is 9.12. The summed E-state index contributed by atoms with van der Waals surface area (Å²) in [4.78, 5) is 16.1. The van der Waals surface area contributed by atoms with Crippen molar-refractivity contribution in [3.8, 4) is 39.9 Å². The van der Waals surface area contributed by atoms with Crippen LogP contribution in [0.2, 0.25) is 0 Å². The first-order valence-corrected chi connectivity index (χ1v) is 19.8. The lowest BCUT2D eigenvalue weighted by Gasteiger charge is -2.16. The maximum atomic E-state index is 6.60. The van der Waals surface area contributed by atoms with Crippen LogP contribution in [0.3, 0.4) is 0 Å². The van der Waals surface area contributed by atoms with Crippen LogP contribution in [-0.2, 0) is 0 Å². The lowest BCUT2D eigenvalue weighted by atomic mass is 10.0. The van der Waals surface area contributed by atoms with Crippen molar-refractivity contribution in [2.24, 2.45) is 0 Å². The second-order valence-electron chi connectivity index (χ2n) is 15.1. The molecule has 0 aliphatic rings. The van der Waals surface area contributed by atoms with E-state index in [2.05, 4.69) is 150 Å². The van der Waals surface area contributed by atoms with Gasteiger partial charge in [-0.1, -0.05) is 133 Å². The molecule has 0 atom stereocenters. The molecule has 6 heteroatoms. The van der Waals surface area contributed by atoms with Crippen LogP contribution in [0.25, 0.3) is 127 Å². The highest BCUT2D eigenvalue weighted by atomic mass is 16.3. The van der Waals surface area contributed by atoms with E-state index in [9.17, 15) is 0 Å². The van der Waals surface area contributed by atoms with Crippen LogP contribution >= 0.6 is 0 Å². The summed E-state index contributed by atoms with van der Waals surface area (Å²) in [6, 6.07) is 63.3. The van der Waals surface area contributed by atoms with Crippen molar-refractivity contribution in [3.63, 3.8) is 0 Å². The Labute approximate surface area is 336 Å². The summed E-state index contributed by atoms with van der Waals surface area (Å²) in [5.41, 5.74) is 8.76. The second-order valence-corrected chi connectivity index (χ2v) is 15.1. The highest BCUT2D eigenvalue weighted by molar-refractivity contribution is 6.15. The Morgan fingerprint density at radius 2 is 0.881 bits per heavy atom. The smallest absolute Gasteiger partial charge is 0.167 e. The van der Waals surface area contributed by atoms with E-state index in [1.165, 1.54) is 21.5 Å². The highest BCUT2D eigenvalue weighted by Gasteiger charge is 2.24. The van der Waals surface area contributed by atoms with E-state index in [1.54, 1.807) is 0 Å². The molecule has 4 aromatic heterocycles. The number of hydrogen-bond donors (Lipinski definition) is 0. The molecule has 0 N–H and O–H groups in total. The van der Waals surface area contributed by atoms with Crippen LogP contribution in [0.4, 0.5) is 0 Å². The number of fused-ring (bicyclic) bond motifs is 11. The fourth-order valence-corrected chi connectivity index (χ4v) is 9.12. The third kappa shape index (κ3) is 4.77. The minimum absolute atomic E-state index is 0.520. The molecule has 0 bridgehead atoms. The number of benzene rings is 9. The Bertz CT molecular complexity index is 3870. The number of furan rings is 2. The van der Waals surface area contributed by atoms with E-state index in [0.29, 0.717) is 17.5 Å². The molecular weight excluding hydrogens is 725 g/mol. The van der Waals surface area contributed by atoms with Gasteiger partial charge >= 0.3 is 0 Å². The fraction of sp³-hybridized carbons (Fsp3) is 0. The van der Waals surface area contributed by atoms with Gasteiger partial charge in [0, 0.05) is 43.4 Å². The van der Waals surface area contributed by atoms with E-state index in [1.807, 2.05) is 36.4 Å². The molecule has 0 unspecified atom stereocenters. The monoisotopic (exact) mass is 754 g/mol. The van der Waals surface area contributed by atoms with Crippen LogP contribution < -0.4 is 0 Å². The Hall–Kier alpha value is -8.09. The lowest BCUT2D eigenvalue weighted by molar-refractivity contribution is 0.668. The van der Waals surface area contributed by atoms with Crippen LogP contribution in [0, 0.1) is 0 Å². The van der Waals surface area contributed by atoms with Gasteiger partial charge in [-0.05, 0) is 70.1 Å². The van der Waals surface area contributed by atoms with Crippen molar-refractivity contribution in [1.82, 2.24) is 19.5 Å². The number of rotatable bonds is 4. The topological polar surface area (TPSA) is 69.9 Å². The zero-order valence-corrected chi connectivity index (χ0v) is 31.4. The van der Waals surface area contributed by atoms with Crippen LogP contribution in [-0.4, -0.2) is 19.5 Å². The summed E-state index contributed by atoms with van der Waals surface area (Å²) in [6.07, 6.45) is 0. The van der Waals surface area contributed by atoms with Crippen molar-refractivity contribution in [1.29, 1.82) is 0 Å². The molecule has 0 aliphatic carbocycles. The van der Waals surface area contributed by atoms with Gasteiger partial charge in [0.1, 0.15) is 22.3 Å². The number of aromatic nitrogens is 4. The Morgan fingerprint density at radius 1 is 0.322 bits per heavy atom. The van der Waals surface area contributed by atoms with Gasteiger partial charge in [0.05, 0.1) is 22.3 Å². The molecule has 13 aromatic rings. The number of nitrogens with zero attached hydrogens (tertiary/aromatic N) is 4. The summed E-state index contributed by atoms with van der Waals surface area (Å²) in [7, 11) is 0. The number of hydrogen-bond acceptors (Lipinski definition) is 5. The predicted molar refractivity (Wildman–Crippen MR) is 240 cm³/mol. The van der Waals surface area contributed by atoms with Crippen molar-refractivity contribution >= 4 is 87.2 Å². The molecule has 0 saturated heterocycles. The van der Waals surface area contributed by atoms with Crippen molar-refractivity contribution in [2.75, 3.05) is 0 Å². The van der Waals surface area contributed by atoms with Gasteiger partial charge in [0.25, 0.3) is 0 Å². The second kappa shape index (κ2) is 12.2. The van der Waals surface area contributed by atoms with Crippen LogP contribution in [0.1, 0.15) is 0 Å². The quantitative estimate of drug-likeness (QED) is 0.179. The summed E-state index contributed by atoms with van der Waals surface area (Å²) >= 11 is 0. The first-order chi connectivity index (χ1) is 29.2. The van der Waals surface area contributed by atoms with Crippen LogP contribution in [0.5, 0.6) is 0 Å². The van der Waals surface area contributed by atoms with Gasteiger partial charge in [-0.2, -0.15) is 0 Å². The molecule has 0 saturated carbocycles. The molecule has 13 rings (SSSR count). The molecule has 59 heavy (non-hydrogen) atoms. The Morgan fingerprint density at radius 3 is 1.69 bits per heavy atom. The van der Waals surface area contributed by atoms with E-state index >= 15 is 0 Å². The molecule has 4 heterocycles. The van der Waals surface area contributed by atoms with Gasteiger partial charge in [-0.15, -0.1) is 0 Å². The standard InChI is InChI=1S/C53H30N4O2/c1-2-15-33-28-45-41(27-32(33)14-1)35-18-5-8-24-44(35)57(45)46-29-42-37-20-7-9-25-47(37)58-49(42)30-43(46)53-55-51(39-22-11-16-31-13-3-4-17-34(31)39)54-52(56-53)40-23-12-21-38-36-19-6-10-26-48(36)59-50(38)40/h1-30H. The minimum Gasteiger partial charge on any atom is -0.456 e. The number of para-hydroxylation sites is 4. The summed E-state index contributed by atoms with van der Waals surface area (Å²) in [5.74, 6) is 1.61. The van der Waals surface area contributed by atoms with Gasteiger partial charge in [0.15, 0.2) is 17.5 Å². The normalized spacial score (nSPS) is 12.1. The maximum Gasteiger partial charge on any atom is 0.167 e. The predicted octanol–water partition coefficient (Wildman–Crippen LogP) is 14.1.